The standard InChI is InChI=1S/C15H23ClN2O/c16-14-7-2-1-6-13(14)15(17)8-9-18(10-11-19)12-4-3-5-12/h1-2,6-7,12,15,19H,3-5,8-11,17H2. The van der Waals surface area contributed by atoms with E-state index in [1.54, 1.807) is 0 Å². The molecule has 19 heavy (non-hydrogen) atoms. The number of rotatable bonds is 7. The summed E-state index contributed by atoms with van der Waals surface area (Å²) in [6.45, 7) is 1.90. The third-order valence-electron chi connectivity index (χ3n) is 4.01. The number of hydrogen-bond acceptors (Lipinski definition) is 3. The fourth-order valence-electron chi connectivity index (χ4n) is 2.59. The van der Waals surface area contributed by atoms with Crippen molar-refractivity contribution in [2.75, 3.05) is 19.7 Å². The maximum absolute atomic E-state index is 9.14. The van der Waals surface area contributed by atoms with Crippen LogP contribution in [0, 0.1) is 0 Å². The van der Waals surface area contributed by atoms with E-state index in [4.69, 9.17) is 22.4 Å². The van der Waals surface area contributed by atoms with E-state index in [9.17, 15) is 0 Å². The van der Waals surface area contributed by atoms with Gasteiger partial charge in [-0.2, -0.15) is 0 Å². The summed E-state index contributed by atoms with van der Waals surface area (Å²) in [6.07, 6.45) is 4.69. The van der Waals surface area contributed by atoms with Crippen LogP contribution in [0.5, 0.6) is 0 Å². The Morgan fingerprint density at radius 1 is 1.32 bits per heavy atom. The molecule has 1 aliphatic carbocycles. The molecule has 1 aliphatic rings. The van der Waals surface area contributed by atoms with E-state index in [0.717, 1.165) is 30.1 Å². The summed E-state index contributed by atoms with van der Waals surface area (Å²) >= 11 is 6.16. The Hall–Kier alpha value is -0.610. The highest BCUT2D eigenvalue weighted by molar-refractivity contribution is 6.31. The van der Waals surface area contributed by atoms with Crippen LogP contribution in [0.25, 0.3) is 0 Å². The van der Waals surface area contributed by atoms with Crippen LogP contribution in [-0.4, -0.2) is 35.7 Å². The van der Waals surface area contributed by atoms with E-state index in [1.807, 2.05) is 24.3 Å². The van der Waals surface area contributed by atoms with Crippen LogP contribution in [0.15, 0.2) is 24.3 Å². The smallest absolute Gasteiger partial charge is 0.0558 e. The minimum Gasteiger partial charge on any atom is -0.395 e. The molecule has 0 aromatic heterocycles. The second-order valence-electron chi connectivity index (χ2n) is 5.26. The van der Waals surface area contributed by atoms with E-state index in [-0.39, 0.29) is 12.6 Å². The number of benzene rings is 1. The van der Waals surface area contributed by atoms with Gasteiger partial charge in [0.15, 0.2) is 0 Å². The molecule has 0 heterocycles. The molecule has 3 N–H and O–H groups in total. The summed E-state index contributed by atoms with van der Waals surface area (Å²) in [6, 6.07) is 8.38. The number of aliphatic hydroxyl groups excluding tert-OH is 1. The predicted molar refractivity (Wildman–Crippen MR) is 79.3 cm³/mol. The van der Waals surface area contributed by atoms with Crippen LogP contribution in [0.4, 0.5) is 0 Å². The molecule has 1 fully saturated rings. The Balaban J connectivity index is 1.87. The average molecular weight is 283 g/mol. The second-order valence-corrected chi connectivity index (χ2v) is 5.67. The molecule has 0 aliphatic heterocycles. The van der Waals surface area contributed by atoms with Crippen molar-refractivity contribution in [2.45, 2.75) is 37.8 Å². The molecule has 106 valence electrons. The molecule has 4 heteroatoms. The van der Waals surface area contributed by atoms with Gasteiger partial charge in [0.1, 0.15) is 0 Å². The quantitative estimate of drug-likeness (QED) is 0.808. The van der Waals surface area contributed by atoms with Crippen LogP contribution in [0.2, 0.25) is 5.02 Å². The first-order valence-electron chi connectivity index (χ1n) is 7.07. The highest BCUT2D eigenvalue weighted by Crippen LogP contribution is 2.27. The van der Waals surface area contributed by atoms with Crippen molar-refractivity contribution in [3.63, 3.8) is 0 Å². The average Bonchev–Trinajstić information content (AvgIpc) is 2.34. The van der Waals surface area contributed by atoms with Crippen molar-refractivity contribution < 1.29 is 5.11 Å². The van der Waals surface area contributed by atoms with Crippen LogP contribution in [0.1, 0.15) is 37.3 Å². The van der Waals surface area contributed by atoms with E-state index in [0.29, 0.717) is 6.04 Å². The molecular formula is C15H23ClN2O. The van der Waals surface area contributed by atoms with Crippen molar-refractivity contribution in [1.82, 2.24) is 4.90 Å². The molecule has 1 saturated carbocycles. The highest BCUT2D eigenvalue weighted by atomic mass is 35.5. The first kappa shape index (κ1) is 14.8. The first-order chi connectivity index (χ1) is 9.22. The molecule has 2 rings (SSSR count). The zero-order valence-corrected chi connectivity index (χ0v) is 12.0. The Labute approximate surface area is 120 Å². The van der Waals surface area contributed by atoms with Crippen molar-refractivity contribution in [1.29, 1.82) is 0 Å². The third-order valence-corrected chi connectivity index (χ3v) is 4.35. The lowest BCUT2D eigenvalue weighted by molar-refractivity contribution is 0.0982. The van der Waals surface area contributed by atoms with E-state index < -0.39 is 0 Å². The third kappa shape index (κ3) is 3.93. The zero-order chi connectivity index (χ0) is 13.7. The Bertz CT molecular complexity index is 395. The molecule has 1 unspecified atom stereocenters. The van der Waals surface area contributed by atoms with Gasteiger partial charge in [-0.15, -0.1) is 0 Å². The molecule has 1 atom stereocenters. The predicted octanol–water partition coefficient (Wildman–Crippen LogP) is 2.58. The first-order valence-corrected chi connectivity index (χ1v) is 7.45. The van der Waals surface area contributed by atoms with Gasteiger partial charge in [-0.1, -0.05) is 36.2 Å². The second kappa shape index (κ2) is 7.25. The van der Waals surface area contributed by atoms with Gasteiger partial charge in [0, 0.05) is 30.2 Å². The van der Waals surface area contributed by atoms with Crippen molar-refractivity contribution in [2.24, 2.45) is 5.73 Å². The topological polar surface area (TPSA) is 49.5 Å². The molecule has 1 aromatic rings. The number of halogens is 1. The van der Waals surface area contributed by atoms with Crippen LogP contribution in [-0.2, 0) is 0 Å². The Morgan fingerprint density at radius 2 is 2.05 bits per heavy atom. The van der Waals surface area contributed by atoms with E-state index >= 15 is 0 Å². The normalized spacial score (nSPS) is 17.5. The van der Waals surface area contributed by atoms with Gasteiger partial charge in [-0.3, -0.25) is 4.90 Å². The lowest BCUT2D eigenvalue weighted by Crippen LogP contribution is -2.43. The van der Waals surface area contributed by atoms with Crippen molar-refractivity contribution in [3.8, 4) is 0 Å². The summed E-state index contributed by atoms with van der Waals surface area (Å²) in [5.74, 6) is 0. The zero-order valence-electron chi connectivity index (χ0n) is 11.3. The number of nitrogens with two attached hydrogens (primary N) is 1. The van der Waals surface area contributed by atoms with Gasteiger partial charge in [-0.05, 0) is 30.9 Å². The minimum absolute atomic E-state index is 0.0324. The van der Waals surface area contributed by atoms with Crippen molar-refractivity contribution >= 4 is 11.6 Å². The van der Waals surface area contributed by atoms with Gasteiger partial charge >= 0.3 is 0 Å². The molecular weight excluding hydrogens is 260 g/mol. The molecule has 3 nitrogen and oxygen atoms in total. The minimum atomic E-state index is -0.0324. The Morgan fingerprint density at radius 3 is 2.63 bits per heavy atom. The summed E-state index contributed by atoms with van der Waals surface area (Å²) in [7, 11) is 0. The van der Waals surface area contributed by atoms with Gasteiger partial charge in [0.2, 0.25) is 0 Å². The van der Waals surface area contributed by atoms with E-state index in [2.05, 4.69) is 4.90 Å². The maximum Gasteiger partial charge on any atom is 0.0558 e. The maximum atomic E-state index is 9.14. The molecule has 0 radical (unpaired) electrons. The molecule has 0 saturated heterocycles. The molecule has 1 aromatic carbocycles. The highest BCUT2D eigenvalue weighted by Gasteiger charge is 2.24. The SMILES string of the molecule is NC(CCN(CCO)C1CCC1)c1ccccc1Cl. The molecule has 0 amide bonds. The van der Waals surface area contributed by atoms with E-state index in [1.165, 1.54) is 19.3 Å². The number of nitrogens with zero attached hydrogens (tertiary/aromatic N) is 1. The summed E-state index contributed by atoms with van der Waals surface area (Å²) in [5, 5.41) is 9.88. The monoisotopic (exact) mass is 282 g/mol. The largest absolute Gasteiger partial charge is 0.395 e. The van der Waals surface area contributed by atoms with Crippen LogP contribution < -0.4 is 5.73 Å². The molecule has 0 spiro atoms. The lowest BCUT2D eigenvalue weighted by Gasteiger charge is -2.37. The Kier molecular flexibility index (Phi) is 5.64. The van der Waals surface area contributed by atoms with Gasteiger partial charge in [-0.25, -0.2) is 0 Å². The fraction of sp³-hybridized carbons (Fsp3) is 0.600. The summed E-state index contributed by atoms with van der Waals surface area (Å²) < 4.78 is 0. The summed E-state index contributed by atoms with van der Waals surface area (Å²) in [5.41, 5.74) is 7.24. The van der Waals surface area contributed by atoms with Gasteiger partial charge in [0.25, 0.3) is 0 Å². The lowest BCUT2D eigenvalue weighted by atomic mass is 9.91. The van der Waals surface area contributed by atoms with Gasteiger partial charge < -0.3 is 10.8 Å². The fourth-order valence-corrected chi connectivity index (χ4v) is 2.87. The van der Waals surface area contributed by atoms with Crippen molar-refractivity contribution in [3.05, 3.63) is 34.9 Å². The molecule has 0 bridgehead atoms. The van der Waals surface area contributed by atoms with Crippen LogP contribution >= 0.6 is 11.6 Å². The van der Waals surface area contributed by atoms with Gasteiger partial charge in [0.05, 0.1) is 6.61 Å². The van der Waals surface area contributed by atoms with Crippen LogP contribution in [0.3, 0.4) is 0 Å². The number of aliphatic hydroxyl groups is 1. The number of hydrogen-bond donors (Lipinski definition) is 2. The summed E-state index contributed by atoms with van der Waals surface area (Å²) in [4.78, 5) is 2.36.